The van der Waals surface area contributed by atoms with Crippen molar-refractivity contribution >= 4 is 17.3 Å². The normalized spacial score (nSPS) is 9.85. The Balaban J connectivity index is 2.04. The predicted molar refractivity (Wildman–Crippen MR) is 76.3 cm³/mol. The number of nitriles is 1. The molecule has 1 N–H and O–H groups in total. The fourth-order valence-electron chi connectivity index (χ4n) is 1.70. The average Bonchev–Trinajstić information content (AvgIpc) is 2.47. The lowest BCUT2D eigenvalue weighted by Crippen LogP contribution is -2.02. The topological polar surface area (TPSA) is 45.0 Å². The van der Waals surface area contributed by atoms with Gasteiger partial charge in [0.05, 0.1) is 10.7 Å². The highest BCUT2D eigenvalue weighted by Crippen LogP contribution is 2.23. The first-order valence-corrected chi connectivity index (χ1v) is 6.35. The van der Waals surface area contributed by atoms with Crippen molar-refractivity contribution in [2.24, 2.45) is 0 Å². The molecule has 0 aromatic heterocycles. The van der Waals surface area contributed by atoms with Crippen molar-refractivity contribution in [3.63, 3.8) is 0 Å². The Bertz CT molecular complexity index is 640. The van der Waals surface area contributed by atoms with Gasteiger partial charge < -0.3 is 10.1 Å². The molecule has 5 heteroatoms. The van der Waals surface area contributed by atoms with E-state index in [4.69, 9.17) is 21.6 Å². The maximum absolute atomic E-state index is 13.7. The minimum Gasteiger partial charge on any atom is -0.479 e. The summed E-state index contributed by atoms with van der Waals surface area (Å²) in [6.45, 7) is 0.431. The van der Waals surface area contributed by atoms with E-state index in [0.717, 1.165) is 5.56 Å². The van der Waals surface area contributed by atoms with Gasteiger partial charge in [0.15, 0.2) is 12.4 Å². The van der Waals surface area contributed by atoms with E-state index in [9.17, 15) is 4.39 Å². The van der Waals surface area contributed by atoms with Gasteiger partial charge in [-0.25, -0.2) is 4.39 Å². The third-order valence-electron chi connectivity index (χ3n) is 2.64. The summed E-state index contributed by atoms with van der Waals surface area (Å²) in [5, 5.41) is 11.5. The van der Waals surface area contributed by atoms with Crippen molar-refractivity contribution in [3.05, 3.63) is 58.9 Å². The van der Waals surface area contributed by atoms with Crippen molar-refractivity contribution in [2.45, 2.75) is 6.54 Å². The number of halogens is 2. The SMILES string of the molecule is N#CCOc1cccc(CNc2cccc(Cl)c2F)c1. The van der Waals surface area contributed by atoms with Crippen LogP contribution in [-0.2, 0) is 6.54 Å². The van der Waals surface area contributed by atoms with Gasteiger partial charge in [-0.2, -0.15) is 5.26 Å². The molecule has 0 radical (unpaired) electrons. The molecule has 0 bridgehead atoms. The van der Waals surface area contributed by atoms with Crippen LogP contribution >= 0.6 is 11.6 Å². The number of nitrogens with zero attached hydrogens (tertiary/aromatic N) is 1. The van der Waals surface area contributed by atoms with E-state index in [-0.39, 0.29) is 11.6 Å². The molecular weight excluding hydrogens is 279 g/mol. The molecule has 2 aromatic rings. The third kappa shape index (κ3) is 3.62. The molecule has 0 atom stereocenters. The van der Waals surface area contributed by atoms with Crippen LogP contribution in [0.25, 0.3) is 0 Å². The zero-order valence-corrected chi connectivity index (χ0v) is 11.3. The van der Waals surface area contributed by atoms with Gasteiger partial charge in [-0.15, -0.1) is 0 Å². The number of nitrogens with one attached hydrogen (secondary N) is 1. The maximum atomic E-state index is 13.7. The fourth-order valence-corrected chi connectivity index (χ4v) is 1.87. The molecule has 0 unspecified atom stereocenters. The number of benzene rings is 2. The van der Waals surface area contributed by atoms with Crippen LogP contribution in [-0.4, -0.2) is 6.61 Å². The maximum Gasteiger partial charge on any atom is 0.174 e. The van der Waals surface area contributed by atoms with E-state index in [1.807, 2.05) is 18.2 Å². The minimum atomic E-state index is -0.467. The summed E-state index contributed by atoms with van der Waals surface area (Å²) in [6, 6.07) is 14.0. The average molecular weight is 291 g/mol. The van der Waals surface area contributed by atoms with Gasteiger partial charge in [-0.05, 0) is 29.8 Å². The Morgan fingerprint density at radius 1 is 1.25 bits per heavy atom. The standard InChI is InChI=1S/C15H12ClFN2O/c16-13-5-2-6-14(15(13)17)19-10-11-3-1-4-12(9-11)20-8-7-18/h1-6,9,19H,8,10H2. The van der Waals surface area contributed by atoms with E-state index in [1.165, 1.54) is 6.07 Å². The number of ether oxygens (including phenoxy) is 1. The monoisotopic (exact) mass is 290 g/mol. The van der Waals surface area contributed by atoms with E-state index < -0.39 is 5.82 Å². The molecule has 102 valence electrons. The number of rotatable bonds is 5. The smallest absolute Gasteiger partial charge is 0.174 e. The summed E-state index contributed by atoms with van der Waals surface area (Å²) in [6.07, 6.45) is 0. The quantitative estimate of drug-likeness (QED) is 0.905. The molecule has 0 fully saturated rings. The van der Waals surface area contributed by atoms with Gasteiger partial charge in [0.2, 0.25) is 0 Å². The number of hydrogen-bond donors (Lipinski definition) is 1. The predicted octanol–water partition coefficient (Wildman–Crippen LogP) is 3.99. The first-order chi connectivity index (χ1) is 9.70. The summed E-state index contributed by atoms with van der Waals surface area (Å²) >= 11 is 5.71. The molecule has 0 saturated heterocycles. The Morgan fingerprint density at radius 2 is 2.05 bits per heavy atom. The van der Waals surface area contributed by atoms with Crippen molar-refractivity contribution < 1.29 is 9.13 Å². The van der Waals surface area contributed by atoms with Crippen LogP contribution in [0.5, 0.6) is 5.75 Å². The lowest BCUT2D eigenvalue weighted by Gasteiger charge is -2.09. The van der Waals surface area contributed by atoms with Crippen molar-refractivity contribution in [1.29, 1.82) is 5.26 Å². The van der Waals surface area contributed by atoms with Gasteiger partial charge in [-0.1, -0.05) is 29.8 Å². The van der Waals surface area contributed by atoms with E-state index in [1.54, 1.807) is 24.3 Å². The highest BCUT2D eigenvalue weighted by Gasteiger charge is 2.05. The summed E-state index contributed by atoms with van der Waals surface area (Å²) in [5.74, 6) is 0.142. The summed E-state index contributed by atoms with van der Waals surface area (Å²) in [7, 11) is 0. The highest BCUT2D eigenvalue weighted by atomic mass is 35.5. The largest absolute Gasteiger partial charge is 0.479 e. The molecule has 20 heavy (non-hydrogen) atoms. The van der Waals surface area contributed by atoms with Gasteiger partial charge in [0.1, 0.15) is 11.8 Å². The highest BCUT2D eigenvalue weighted by molar-refractivity contribution is 6.31. The second-order valence-electron chi connectivity index (χ2n) is 4.05. The molecule has 0 heterocycles. The third-order valence-corrected chi connectivity index (χ3v) is 2.93. The molecule has 3 nitrogen and oxygen atoms in total. The van der Waals surface area contributed by atoms with Gasteiger partial charge in [0, 0.05) is 6.54 Å². The Kier molecular flexibility index (Phi) is 4.80. The van der Waals surface area contributed by atoms with Gasteiger partial charge in [-0.3, -0.25) is 0 Å². The molecule has 0 aliphatic rings. The van der Waals surface area contributed by atoms with Crippen LogP contribution in [0.4, 0.5) is 10.1 Å². The summed E-state index contributed by atoms with van der Waals surface area (Å²) < 4.78 is 18.9. The van der Waals surface area contributed by atoms with Crippen LogP contribution in [0.3, 0.4) is 0 Å². The van der Waals surface area contributed by atoms with Crippen molar-refractivity contribution in [1.82, 2.24) is 0 Å². The summed E-state index contributed by atoms with van der Waals surface area (Å²) in [5.41, 5.74) is 1.26. The molecule has 0 saturated carbocycles. The zero-order chi connectivity index (χ0) is 14.4. The zero-order valence-electron chi connectivity index (χ0n) is 10.6. The van der Waals surface area contributed by atoms with Crippen LogP contribution in [0.1, 0.15) is 5.56 Å². The Labute approximate surface area is 121 Å². The molecule has 0 aliphatic carbocycles. The van der Waals surface area contributed by atoms with Gasteiger partial charge in [0.25, 0.3) is 0 Å². The Hall–Kier alpha value is -2.25. The van der Waals surface area contributed by atoms with E-state index in [0.29, 0.717) is 18.0 Å². The van der Waals surface area contributed by atoms with Crippen molar-refractivity contribution in [3.8, 4) is 11.8 Å². The van der Waals surface area contributed by atoms with Crippen LogP contribution in [0.15, 0.2) is 42.5 Å². The first-order valence-electron chi connectivity index (χ1n) is 5.97. The van der Waals surface area contributed by atoms with Crippen LogP contribution in [0, 0.1) is 17.1 Å². The number of hydrogen-bond acceptors (Lipinski definition) is 3. The molecule has 0 amide bonds. The van der Waals surface area contributed by atoms with Gasteiger partial charge >= 0.3 is 0 Å². The van der Waals surface area contributed by atoms with Crippen molar-refractivity contribution in [2.75, 3.05) is 11.9 Å². The van der Waals surface area contributed by atoms with E-state index >= 15 is 0 Å². The minimum absolute atomic E-state index is 0.000195. The van der Waals surface area contributed by atoms with Crippen LogP contribution < -0.4 is 10.1 Å². The molecule has 0 aliphatic heterocycles. The second kappa shape index (κ2) is 6.78. The fraction of sp³-hybridized carbons (Fsp3) is 0.133. The lowest BCUT2D eigenvalue weighted by molar-refractivity contribution is 0.368. The summed E-state index contributed by atoms with van der Waals surface area (Å²) in [4.78, 5) is 0. The molecule has 0 spiro atoms. The van der Waals surface area contributed by atoms with Crippen LogP contribution in [0.2, 0.25) is 5.02 Å². The molecule has 2 aromatic carbocycles. The molecular formula is C15H12ClFN2O. The van der Waals surface area contributed by atoms with E-state index in [2.05, 4.69) is 5.32 Å². The lowest BCUT2D eigenvalue weighted by atomic mass is 10.2. The first kappa shape index (κ1) is 14.2. The second-order valence-corrected chi connectivity index (χ2v) is 4.46. The number of anilines is 1. The Morgan fingerprint density at radius 3 is 2.85 bits per heavy atom. The molecule has 2 rings (SSSR count).